The van der Waals surface area contributed by atoms with E-state index in [1.807, 2.05) is 13.8 Å². The third kappa shape index (κ3) is 3.42. The maximum atomic E-state index is 11.2. The van der Waals surface area contributed by atoms with Gasteiger partial charge < -0.3 is 15.2 Å². The second-order valence-corrected chi connectivity index (χ2v) is 4.08. The summed E-state index contributed by atoms with van der Waals surface area (Å²) in [5, 5.41) is 12.3. The topological polar surface area (TPSA) is 71.5 Å². The van der Waals surface area contributed by atoms with Crippen molar-refractivity contribution in [3.63, 3.8) is 0 Å². The molecule has 1 atom stereocenters. The van der Waals surface area contributed by atoms with Crippen LogP contribution in [0.25, 0.3) is 0 Å². The van der Waals surface area contributed by atoms with Crippen LogP contribution < -0.4 is 5.32 Å². The fraction of sp³-hybridized carbons (Fsp3) is 0.500. The number of hydrogen-bond acceptors (Lipinski definition) is 4. The zero-order valence-corrected chi connectivity index (χ0v) is 10.6. The highest BCUT2D eigenvalue weighted by Gasteiger charge is 2.16. The summed E-state index contributed by atoms with van der Waals surface area (Å²) in [7, 11) is 1.61. The Hall–Kier alpha value is -1.62. The molecule has 0 spiro atoms. The van der Waals surface area contributed by atoms with E-state index in [-0.39, 0.29) is 11.6 Å². The number of carbonyl (C=O) groups is 1. The van der Waals surface area contributed by atoms with E-state index in [0.29, 0.717) is 18.0 Å². The highest BCUT2D eigenvalue weighted by atomic mass is 16.5. The Morgan fingerprint density at radius 3 is 2.76 bits per heavy atom. The largest absolute Gasteiger partial charge is 0.478 e. The van der Waals surface area contributed by atoms with Crippen molar-refractivity contribution >= 4 is 11.7 Å². The van der Waals surface area contributed by atoms with Crippen molar-refractivity contribution in [3.8, 4) is 0 Å². The van der Waals surface area contributed by atoms with E-state index in [1.54, 1.807) is 20.1 Å². The molecule has 1 aromatic rings. The molecule has 1 heterocycles. The Morgan fingerprint density at radius 2 is 2.24 bits per heavy atom. The number of aryl methyl sites for hydroxylation is 2. The fourth-order valence-electron chi connectivity index (χ4n) is 1.77. The standard InChI is InChI=1S/C12H18N2O3/c1-7-5-10(14-8(2)6-17-4)11(12(15)16)9(3)13-7/h5,8H,6H2,1-4H3,(H,13,14)(H,15,16). The molecule has 1 unspecified atom stereocenters. The number of carboxylic acid groups (broad SMARTS) is 1. The molecule has 17 heavy (non-hydrogen) atoms. The third-order valence-corrected chi connectivity index (χ3v) is 2.36. The molecule has 0 aliphatic carbocycles. The van der Waals surface area contributed by atoms with Gasteiger partial charge in [0.15, 0.2) is 0 Å². The summed E-state index contributed by atoms with van der Waals surface area (Å²) in [6.45, 7) is 5.98. The van der Waals surface area contributed by atoms with E-state index in [9.17, 15) is 4.79 Å². The number of anilines is 1. The number of aromatic carboxylic acids is 1. The number of nitrogens with zero attached hydrogens (tertiary/aromatic N) is 1. The molecule has 0 aromatic carbocycles. The Labute approximate surface area is 101 Å². The van der Waals surface area contributed by atoms with Crippen LogP contribution in [0, 0.1) is 13.8 Å². The van der Waals surface area contributed by atoms with Gasteiger partial charge >= 0.3 is 5.97 Å². The van der Waals surface area contributed by atoms with Gasteiger partial charge in [-0.1, -0.05) is 0 Å². The van der Waals surface area contributed by atoms with Crippen molar-refractivity contribution in [1.82, 2.24) is 4.98 Å². The predicted octanol–water partition coefficient (Wildman–Crippen LogP) is 1.84. The van der Waals surface area contributed by atoms with E-state index in [0.717, 1.165) is 5.69 Å². The van der Waals surface area contributed by atoms with Crippen molar-refractivity contribution < 1.29 is 14.6 Å². The summed E-state index contributed by atoms with van der Waals surface area (Å²) in [6.07, 6.45) is 0. The van der Waals surface area contributed by atoms with Gasteiger partial charge in [-0.25, -0.2) is 4.79 Å². The minimum Gasteiger partial charge on any atom is -0.478 e. The monoisotopic (exact) mass is 238 g/mol. The van der Waals surface area contributed by atoms with E-state index in [1.165, 1.54) is 0 Å². The minimum atomic E-state index is -0.970. The quantitative estimate of drug-likeness (QED) is 0.819. The number of ether oxygens (including phenoxy) is 1. The maximum Gasteiger partial charge on any atom is 0.339 e. The summed E-state index contributed by atoms with van der Waals surface area (Å²) in [5.74, 6) is -0.970. The van der Waals surface area contributed by atoms with Gasteiger partial charge in [0, 0.05) is 18.8 Å². The van der Waals surface area contributed by atoms with Crippen LogP contribution in [-0.4, -0.2) is 35.8 Å². The van der Waals surface area contributed by atoms with Crippen LogP contribution in [0.2, 0.25) is 0 Å². The highest BCUT2D eigenvalue weighted by molar-refractivity contribution is 5.95. The molecule has 5 nitrogen and oxygen atoms in total. The molecule has 0 radical (unpaired) electrons. The minimum absolute atomic E-state index is 0.0410. The number of methoxy groups -OCH3 is 1. The summed E-state index contributed by atoms with van der Waals surface area (Å²) in [6, 6.07) is 1.78. The molecular formula is C12H18N2O3. The molecule has 1 aromatic heterocycles. The lowest BCUT2D eigenvalue weighted by Gasteiger charge is -2.17. The zero-order chi connectivity index (χ0) is 13.0. The first-order chi connectivity index (χ1) is 7.95. The molecular weight excluding hydrogens is 220 g/mol. The van der Waals surface area contributed by atoms with Gasteiger partial charge in [0.1, 0.15) is 5.56 Å². The van der Waals surface area contributed by atoms with Crippen molar-refractivity contribution in [1.29, 1.82) is 0 Å². The summed E-state index contributed by atoms with van der Waals surface area (Å²) < 4.78 is 5.01. The van der Waals surface area contributed by atoms with Crippen molar-refractivity contribution in [2.24, 2.45) is 0 Å². The normalized spacial score (nSPS) is 12.2. The Bertz CT molecular complexity index is 418. The number of hydrogen-bond donors (Lipinski definition) is 2. The van der Waals surface area contributed by atoms with Gasteiger partial charge in [-0.05, 0) is 26.8 Å². The van der Waals surface area contributed by atoms with Crippen LogP contribution in [0.15, 0.2) is 6.07 Å². The molecule has 0 aliphatic rings. The first-order valence-electron chi connectivity index (χ1n) is 5.42. The molecule has 0 saturated heterocycles. The number of nitrogens with one attached hydrogen (secondary N) is 1. The van der Waals surface area contributed by atoms with Crippen LogP contribution in [0.5, 0.6) is 0 Å². The Morgan fingerprint density at radius 1 is 1.59 bits per heavy atom. The number of aromatic nitrogens is 1. The van der Waals surface area contributed by atoms with Gasteiger partial charge in [-0.2, -0.15) is 0 Å². The molecule has 5 heteroatoms. The van der Waals surface area contributed by atoms with E-state index >= 15 is 0 Å². The molecule has 0 saturated carbocycles. The first-order valence-corrected chi connectivity index (χ1v) is 5.42. The molecule has 2 N–H and O–H groups in total. The van der Waals surface area contributed by atoms with E-state index in [4.69, 9.17) is 9.84 Å². The lowest BCUT2D eigenvalue weighted by molar-refractivity contribution is 0.0696. The third-order valence-electron chi connectivity index (χ3n) is 2.36. The van der Waals surface area contributed by atoms with Crippen molar-refractivity contribution in [3.05, 3.63) is 23.0 Å². The van der Waals surface area contributed by atoms with Gasteiger partial charge in [0.2, 0.25) is 0 Å². The van der Waals surface area contributed by atoms with Crippen LogP contribution in [0.3, 0.4) is 0 Å². The number of carboxylic acids is 1. The fourth-order valence-corrected chi connectivity index (χ4v) is 1.77. The van der Waals surface area contributed by atoms with E-state index in [2.05, 4.69) is 10.3 Å². The lowest BCUT2D eigenvalue weighted by Crippen LogP contribution is -2.23. The average molecular weight is 238 g/mol. The van der Waals surface area contributed by atoms with Gasteiger partial charge in [0.25, 0.3) is 0 Å². The predicted molar refractivity (Wildman–Crippen MR) is 65.6 cm³/mol. The smallest absolute Gasteiger partial charge is 0.339 e. The second kappa shape index (κ2) is 5.63. The summed E-state index contributed by atoms with van der Waals surface area (Å²) in [5.41, 5.74) is 2.12. The zero-order valence-electron chi connectivity index (χ0n) is 10.6. The Balaban J connectivity index is 3.08. The molecule has 94 valence electrons. The summed E-state index contributed by atoms with van der Waals surface area (Å²) >= 11 is 0. The second-order valence-electron chi connectivity index (χ2n) is 4.08. The average Bonchev–Trinajstić information content (AvgIpc) is 2.15. The molecule has 0 aliphatic heterocycles. The molecule has 0 fully saturated rings. The van der Waals surface area contributed by atoms with E-state index < -0.39 is 5.97 Å². The SMILES string of the molecule is COCC(C)Nc1cc(C)nc(C)c1C(=O)O. The first kappa shape index (κ1) is 13.4. The van der Waals surface area contributed by atoms with Gasteiger partial charge in [-0.3, -0.25) is 4.98 Å². The maximum absolute atomic E-state index is 11.2. The van der Waals surface area contributed by atoms with Crippen LogP contribution >= 0.6 is 0 Å². The molecule has 0 amide bonds. The van der Waals surface area contributed by atoms with Crippen LogP contribution in [0.4, 0.5) is 5.69 Å². The highest BCUT2D eigenvalue weighted by Crippen LogP contribution is 2.20. The number of rotatable bonds is 5. The lowest BCUT2D eigenvalue weighted by atomic mass is 10.1. The van der Waals surface area contributed by atoms with Gasteiger partial charge in [-0.15, -0.1) is 0 Å². The van der Waals surface area contributed by atoms with Crippen molar-refractivity contribution in [2.45, 2.75) is 26.8 Å². The number of pyridine rings is 1. The van der Waals surface area contributed by atoms with Crippen molar-refractivity contribution in [2.75, 3.05) is 19.0 Å². The Kier molecular flexibility index (Phi) is 4.45. The van der Waals surface area contributed by atoms with Crippen LogP contribution in [0.1, 0.15) is 28.7 Å². The van der Waals surface area contributed by atoms with Gasteiger partial charge in [0.05, 0.1) is 18.0 Å². The summed E-state index contributed by atoms with van der Waals surface area (Å²) in [4.78, 5) is 15.3. The van der Waals surface area contributed by atoms with Crippen LogP contribution in [-0.2, 0) is 4.74 Å². The molecule has 1 rings (SSSR count). The molecule has 0 bridgehead atoms.